The molecule has 10 heteroatoms. The SMILES string of the molecule is CCN(CC)C(=O)Nc1ccc(S(=O)(=O)Nc2cc(OC)c(Cl)cc2OC)cc1. The van der Waals surface area contributed by atoms with Gasteiger partial charge < -0.3 is 19.7 Å². The van der Waals surface area contributed by atoms with Crippen molar-refractivity contribution in [2.75, 3.05) is 37.3 Å². The molecule has 0 aromatic heterocycles. The van der Waals surface area contributed by atoms with Crippen LogP contribution >= 0.6 is 11.6 Å². The predicted octanol–water partition coefficient (Wildman–Crippen LogP) is 4.03. The highest BCUT2D eigenvalue weighted by Gasteiger charge is 2.19. The molecule has 2 amide bonds. The number of rotatable bonds is 8. The first-order valence-electron chi connectivity index (χ1n) is 8.86. The minimum atomic E-state index is -3.91. The minimum absolute atomic E-state index is 0.0225. The van der Waals surface area contributed by atoms with Gasteiger partial charge in [-0.1, -0.05) is 11.6 Å². The molecule has 0 atom stereocenters. The van der Waals surface area contributed by atoms with Crippen molar-refractivity contribution in [1.82, 2.24) is 4.90 Å². The summed E-state index contributed by atoms with van der Waals surface area (Å²) in [5.74, 6) is 0.558. The van der Waals surface area contributed by atoms with Crippen molar-refractivity contribution in [1.29, 1.82) is 0 Å². The zero-order valence-electron chi connectivity index (χ0n) is 16.7. The molecule has 2 rings (SSSR count). The van der Waals surface area contributed by atoms with Crippen molar-refractivity contribution in [3.8, 4) is 11.5 Å². The number of sulfonamides is 1. The van der Waals surface area contributed by atoms with Gasteiger partial charge in [-0.05, 0) is 38.1 Å². The fourth-order valence-corrected chi connectivity index (χ4v) is 3.87. The van der Waals surface area contributed by atoms with Gasteiger partial charge >= 0.3 is 6.03 Å². The second-order valence-electron chi connectivity index (χ2n) is 5.92. The predicted molar refractivity (Wildman–Crippen MR) is 114 cm³/mol. The summed E-state index contributed by atoms with van der Waals surface area (Å²) >= 11 is 6.05. The second-order valence-corrected chi connectivity index (χ2v) is 8.01. The van der Waals surface area contributed by atoms with E-state index in [1.807, 2.05) is 13.8 Å². The number of amides is 2. The molecule has 0 radical (unpaired) electrons. The maximum absolute atomic E-state index is 12.8. The monoisotopic (exact) mass is 441 g/mol. The second kappa shape index (κ2) is 9.71. The summed E-state index contributed by atoms with van der Waals surface area (Å²) in [6.45, 7) is 4.91. The average Bonchev–Trinajstić information content (AvgIpc) is 2.70. The first kappa shape index (κ1) is 22.6. The summed E-state index contributed by atoms with van der Waals surface area (Å²) in [6, 6.07) is 8.51. The van der Waals surface area contributed by atoms with E-state index >= 15 is 0 Å². The molecule has 2 aromatic carbocycles. The first-order valence-corrected chi connectivity index (χ1v) is 10.7. The molecular formula is C19H24ClN3O5S. The maximum Gasteiger partial charge on any atom is 0.321 e. The van der Waals surface area contributed by atoms with Gasteiger partial charge in [0.2, 0.25) is 0 Å². The molecule has 0 aliphatic rings. The molecule has 0 fully saturated rings. The molecule has 0 heterocycles. The number of ether oxygens (including phenoxy) is 2. The lowest BCUT2D eigenvalue weighted by Crippen LogP contribution is -2.34. The highest BCUT2D eigenvalue weighted by Crippen LogP contribution is 2.37. The first-order chi connectivity index (χ1) is 13.7. The van der Waals surface area contributed by atoms with E-state index in [0.717, 1.165) is 0 Å². The molecule has 0 spiro atoms. The Morgan fingerprint density at radius 3 is 2.14 bits per heavy atom. The fraction of sp³-hybridized carbons (Fsp3) is 0.316. The van der Waals surface area contributed by atoms with Crippen molar-refractivity contribution >= 4 is 39.0 Å². The number of benzene rings is 2. The van der Waals surface area contributed by atoms with Crippen molar-refractivity contribution < 1.29 is 22.7 Å². The van der Waals surface area contributed by atoms with Crippen molar-refractivity contribution in [2.45, 2.75) is 18.7 Å². The summed E-state index contributed by atoms with van der Waals surface area (Å²) in [5, 5.41) is 3.02. The third kappa shape index (κ3) is 5.45. The lowest BCUT2D eigenvalue weighted by Gasteiger charge is -2.19. The van der Waals surface area contributed by atoms with E-state index in [1.165, 1.54) is 50.6 Å². The summed E-state index contributed by atoms with van der Waals surface area (Å²) in [7, 11) is -1.07. The molecule has 0 aliphatic carbocycles. The molecule has 2 N–H and O–H groups in total. The van der Waals surface area contributed by atoms with Crippen LogP contribution in [-0.2, 0) is 10.0 Å². The average molecular weight is 442 g/mol. The Morgan fingerprint density at radius 2 is 1.62 bits per heavy atom. The van der Waals surface area contributed by atoms with E-state index in [4.69, 9.17) is 21.1 Å². The van der Waals surface area contributed by atoms with Crippen molar-refractivity contribution in [3.63, 3.8) is 0 Å². The topological polar surface area (TPSA) is 97.0 Å². The Bertz CT molecular complexity index is 961. The quantitative estimate of drug-likeness (QED) is 0.644. The molecule has 2 aromatic rings. The number of methoxy groups -OCH3 is 2. The maximum atomic E-state index is 12.8. The van der Waals surface area contributed by atoms with Gasteiger partial charge in [0, 0.05) is 30.9 Å². The number of halogens is 1. The van der Waals surface area contributed by atoms with E-state index in [2.05, 4.69) is 10.0 Å². The van der Waals surface area contributed by atoms with Crippen LogP contribution in [-0.4, -0.2) is 46.7 Å². The number of carbonyl (C=O) groups excluding carboxylic acids is 1. The Kier molecular flexibility index (Phi) is 7.58. The van der Waals surface area contributed by atoms with Crippen LogP contribution in [0.2, 0.25) is 5.02 Å². The summed E-state index contributed by atoms with van der Waals surface area (Å²) in [4.78, 5) is 13.7. The van der Waals surface area contributed by atoms with Gasteiger partial charge in [0.05, 0.1) is 29.8 Å². The molecule has 158 valence electrons. The standard InChI is InChI=1S/C19H24ClN3O5S/c1-5-23(6-2)19(24)21-13-7-9-14(10-8-13)29(25,26)22-16-12-17(27-3)15(20)11-18(16)28-4/h7-12,22H,5-6H2,1-4H3,(H,21,24). The van der Waals surface area contributed by atoms with E-state index < -0.39 is 10.0 Å². The highest BCUT2D eigenvalue weighted by molar-refractivity contribution is 7.92. The highest BCUT2D eigenvalue weighted by atomic mass is 35.5. The van der Waals surface area contributed by atoms with Crippen LogP contribution in [0.15, 0.2) is 41.3 Å². The summed E-state index contributed by atoms with van der Waals surface area (Å²) in [5.41, 5.74) is 0.680. The lowest BCUT2D eigenvalue weighted by atomic mass is 10.3. The number of nitrogens with zero attached hydrogens (tertiary/aromatic N) is 1. The fourth-order valence-electron chi connectivity index (χ4n) is 2.57. The van der Waals surface area contributed by atoms with Gasteiger partial charge in [-0.25, -0.2) is 13.2 Å². The molecule has 0 aliphatic heterocycles. The normalized spacial score (nSPS) is 10.9. The third-order valence-corrected chi connectivity index (χ3v) is 5.86. The van der Waals surface area contributed by atoms with Gasteiger partial charge in [0.25, 0.3) is 10.0 Å². The number of anilines is 2. The van der Waals surface area contributed by atoms with E-state index in [1.54, 1.807) is 4.90 Å². The smallest absolute Gasteiger partial charge is 0.321 e. The minimum Gasteiger partial charge on any atom is -0.495 e. The third-order valence-electron chi connectivity index (χ3n) is 4.18. The lowest BCUT2D eigenvalue weighted by molar-refractivity contribution is 0.217. The Hall–Kier alpha value is -2.65. The van der Waals surface area contributed by atoms with E-state index in [9.17, 15) is 13.2 Å². The van der Waals surface area contributed by atoms with Crippen LogP contribution in [0.1, 0.15) is 13.8 Å². The molecule has 0 bridgehead atoms. The van der Waals surface area contributed by atoms with Gasteiger partial charge in [0.1, 0.15) is 11.5 Å². The Balaban J connectivity index is 2.23. The number of hydrogen-bond donors (Lipinski definition) is 2. The molecule has 0 unspecified atom stereocenters. The van der Waals surface area contributed by atoms with E-state index in [0.29, 0.717) is 29.5 Å². The van der Waals surface area contributed by atoms with Gasteiger partial charge in [-0.3, -0.25) is 4.72 Å². The Morgan fingerprint density at radius 1 is 1.03 bits per heavy atom. The van der Waals surface area contributed by atoms with Gasteiger partial charge in [-0.2, -0.15) is 0 Å². The van der Waals surface area contributed by atoms with Crippen LogP contribution in [0.25, 0.3) is 0 Å². The molecular weight excluding hydrogens is 418 g/mol. The Labute approximate surface area is 175 Å². The molecule has 0 saturated carbocycles. The van der Waals surface area contributed by atoms with Crippen molar-refractivity contribution in [3.05, 3.63) is 41.4 Å². The zero-order valence-corrected chi connectivity index (χ0v) is 18.2. The number of nitrogens with one attached hydrogen (secondary N) is 2. The number of urea groups is 1. The summed E-state index contributed by atoms with van der Waals surface area (Å²) < 4.78 is 38.3. The largest absolute Gasteiger partial charge is 0.495 e. The van der Waals surface area contributed by atoms with Crippen LogP contribution in [0.4, 0.5) is 16.2 Å². The molecule has 8 nitrogen and oxygen atoms in total. The van der Waals surface area contributed by atoms with Crippen LogP contribution in [0, 0.1) is 0 Å². The molecule has 29 heavy (non-hydrogen) atoms. The number of hydrogen-bond acceptors (Lipinski definition) is 5. The molecule has 0 saturated heterocycles. The van der Waals surface area contributed by atoms with Crippen LogP contribution in [0.5, 0.6) is 11.5 Å². The summed E-state index contributed by atoms with van der Waals surface area (Å²) in [6.07, 6.45) is 0. The van der Waals surface area contributed by atoms with Gasteiger partial charge in [0.15, 0.2) is 0 Å². The van der Waals surface area contributed by atoms with Gasteiger partial charge in [-0.15, -0.1) is 0 Å². The van der Waals surface area contributed by atoms with Crippen LogP contribution < -0.4 is 19.5 Å². The van der Waals surface area contributed by atoms with E-state index in [-0.39, 0.29) is 22.4 Å². The van der Waals surface area contributed by atoms with Crippen molar-refractivity contribution in [2.24, 2.45) is 0 Å². The number of carbonyl (C=O) groups is 1. The zero-order chi connectivity index (χ0) is 21.6. The van der Waals surface area contributed by atoms with Crippen LogP contribution in [0.3, 0.4) is 0 Å².